The predicted octanol–water partition coefficient (Wildman–Crippen LogP) is 18.9. The lowest BCUT2D eigenvalue weighted by molar-refractivity contribution is 0.563. The van der Waals surface area contributed by atoms with Gasteiger partial charge in [0, 0.05) is 60.5 Å². The van der Waals surface area contributed by atoms with Crippen LogP contribution >= 0.6 is 0 Å². The molecule has 2 aliphatic carbocycles. The standard InChI is InChI=1S/C77H49N5/c1-76(2)60-28-11-13-30-62(60)77(63-31-14-12-29-61(63)76)64-41-40-56-53-24-8-16-33-67(53)82-68-34-17-10-26-55(68)59-44-50(45-65(77)70(59)71(64)72(56)82)46-35-37-48(38-36-46)73-78-74(80-75(79-73)57-27-18-20-47-19-6-7-23-52(47)57)49-39-42-69-58(43-49)54-25-9-15-32-66(54)81(69)51-21-4-3-5-22-51/h3-45H,1-2H3. The summed E-state index contributed by atoms with van der Waals surface area (Å²) in [6.45, 7) is 4.81. The SMILES string of the molecule is CC1(C)c2ccccc2C2(c3ccccc31)c1cc(-c3ccc(-c4nc(-c5ccc6c(c5)c5ccccc5n6-c5ccccc5)nc(-c5cccc6ccccc56)n4)cc3)cc3c1-c1c2ccc2c4ccccc4n(c12)-c1ccccc1-3. The van der Waals surface area contributed by atoms with E-state index in [0.717, 1.165) is 60.7 Å². The van der Waals surface area contributed by atoms with E-state index in [1.165, 1.54) is 88.5 Å². The van der Waals surface area contributed by atoms with Gasteiger partial charge in [0.2, 0.25) is 0 Å². The lowest BCUT2D eigenvalue weighted by atomic mass is 9.55. The van der Waals surface area contributed by atoms with Gasteiger partial charge in [-0.15, -0.1) is 0 Å². The molecule has 3 aromatic heterocycles. The second-order valence-electron chi connectivity index (χ2n) is 23.0. The molecular weight excluding hydrogens is 995 g/mol. The van der Waals surface area contributed by atoms with E-state index in [2.05, 4.69) is 284 Å². The van der Waals surface area contributed by atoms with Crippen LogP contribution in [0.4, 0.5) is 0 Å². The number of hydrogen-bond donors (Lipinski definition) is 0. The van der Waals surface area contributed by atoms with Crippen molar-refractivity contribution in [3.8, 4) is 78.9 Å². The largest absolute Gasteiger partial charge is 0.309 e. The Hall–Kier alpha value is -10.5. The highest BCUT2D eigenvalue weighted by Gasteiger charge is 2.55. The first kappa shape index (κ1) is 45.4. The molecule has 5 nitrogen and oxygen atoms in total. The van der Waals surface area contributed by atoms with Crippen LogP contribution in [0.25, 0.3) is 133 Å². The molecule has 82 heavy (non-hydrogen) atoms. The molecule has 0 unspecified atom stereocenters. The Kier molecular flexibility index (Phi) is 9.15. The van der Waals surface area contributed by atoms with Crippen LogP contribution in [0.3, 0.4) is 0 Å². The van der Waals surface area contributed by atoms with Gasteiger partial charge in [-0.25, -0.2) is 15.0 Å². The van der Waals surface area contributed by atoms with E-state index < -0.39 is 5.41 Å². The first-order valence-corrected chi connectivity index (χ1v) is 28.4. The van der Waals surface area contributed by atoms with Gasteiger partial charge in [0.05, 0.1) is 33.2 Å². The molecular formula is C77H49N5. The van der Waals surface area contributed by atoms with E-state index in [9.17, 15) is 0 Å². The zero-order valence-corrected chi connectivity index (χ0v) is 45.1. The van der Waals surface area contributed by atoms with Gasteiger partial charge in [-0.05, 0) is 127 Å². The van der Waals surface area contributed by atoms with Crippen molar-refractivity contribution in [2.24, 2.45) is 0 Å². The van der Waals surface area contributed by atoms with E-state index in [1.54, 1.807) is 0 Å². The molecule has 0 N–H and O–H groups in total. The van der Waals surface area contributed by atoms with Crippen molar-refractivity contribution in [3.63, 3.8) is 0 Å². The maximum Gasteiger partial charge on any atom is 0.164 e. The fourth-order valence-electron chi connectivity index (χ4n) is 15.0. The maximum atomic E-state index is 5.39. The minimum absolute atomic E-state index is 0.224. The Labute approximate surface area is 473 Å². The van der Waals surface area contributed by atoms with E-state index in [0.29, 0.717) is 17.5 Å². The first-order valence-electron chi connectivity index (χ1n) is 28.4. The van der Waals surface area contributed by atoms with Gasteiger partial charge in [0.25, 0.3) is 0 Å². The van der Waals surface area contributed by atoms with Gasteiger partial charge in [-0.2, -0.15) is 0 Å². The van der Waals surface area contributed by atoms with Gasteiger partial charge in [0.1, 0.15) is 0 Å². The smallest absolute Gasteiger partial charge is 0.164 e. The zero-order valence-electron chi connectivity index (χ0n) is 45.1. The van der Waals surface area contributed by atoms with Crippen molar-refractivity contribution >= 4 is 54.4 Å². The molecule has 12 aromatic carbocycles. The lowest BCUT2D eigenvalue weighted by Crippen LogP contribution is -2.40. The zero-order chi connectivity index (χ0) is 54.0. The Morgan fingerprint density at radius 2 is 0.866 bits per heavy atom. The number of fused-ring (bicyclic) bond motifs is 16. The lowest BCUT2D eigenvalue weighted by Gasteiger charge is -2.46. The molecule has 0 saturated carbocycles. The molecule has 0 radical (unpaired) electrons. The van der Waals surface area contributed by atoms with E-state index in [4.69, 9.17) is 15.0 Å². The number of rotatable bonds is 5. The average molecular weight is 1040 g/mol. The van der Waals surface area contributed by atoms with Crippen molar-refractivity contribution in [2.45, 2.75) is 24.7 Å². The molecule has 0 saturated heterocycles. The van der Waals surface area contributed by atoms with Crippen molar-refractivity contribution in [1.82, 2.24) is 24.1 Å². The van der Waals surface area contributed by atoms with E-state index >= 15 is 0 Å². The highest BCUT2D eigenvalue weighted by Crippen LogP contribution is 2.66. The number of nitrogens with zero attached hydrogens (tertiary/aromatic N) is 5. The van der Waals surface area contributed by atoms with Crippen molar-refractivity contribution in [1.29, 1.82) is 0 Å². The summed E-state index contributed by atoms with van der Waals surface area (Å²) in [6, 6.07) is 96.2. The summed E-state index contributed by atoms with van der Waals surface area (Å²) in [6.07, 6.45) is 0. The Morgan fingerprint density at radius 1 is 0.305 bits per heavy atom. The molecule has 4 heterocycles. The quantitative estimate of drug-likeness (QED) is 0.173. The van der Waals surface area contributed by atoms with Gasteiger partial charge < -0.3 is 9.13 Å². The third kappa shape index (κ3) is 5.98. The minimum Gasteiger partial charge on any atom is -0.309 e. The van der Waals surface area contributed by atoms with Crippen LogP contribution < -0.4 is 0 Å². The molecule has 3 aliphatic rings. The van der Waals surface area contributed by atoms with Gasteiger partial charge in [0.15, 0.2) is 17.5 Å². The molecule has 1 spiro atoms. The van der Waals surface area contributed by atoms with Gasteiger partial charge >= 0.3 is 0 Å². The number of aromatic nitrogens is 5. The van der Waals surface area contributed by atoms with Crippen LogP contribution in [0.2, 0.25) is 0 Å². The van der Waals surface area contributed by atoms with Crippen molar-refractivity contribution in [3.05, 3.63) is 294 Å². The minimum atomic E-state index is -0.599. The molecule has 5 heteroatoms. The summed E-state index contributed by atoms with van der Waals surface area (Å²) in [5.74, 6) is 1.87. The fourth-order valence-corrected chi connectivity index (χ4v) is 15.0. The summed E-state index contributed by atoms with van der Waals surface area (Å²) in [7, 11) is 0. The summed E-state index contributed by atoms with van der Waals surface area (Å²) in [5, 5.41) is 7.09. The van der Waals surface area contributed by atoms with Crippen LogP contribution in [0, 0.1) is 0 Å². The van der Waals surface area contributed by atoms with E-state index in [1.807, 2.05) is 0 Å². The molecule has 18 rings (SSSR count). The van der Waals surface area contributed by atoms with Crippen LogP contribution in [0.1, 0.15) is 47.2 Å². The predicted molar refractivity (Wildman–Crippen MR) is 336 cm³/mol. The van der Waals surface area contributed by atoms with Gasteiger partial charge in [-0.1, -0.05) is 214 Å². The van der Waals surface area contributed by atoms with Crippen LogP contribution in [-0.4, -0.2) is 24.1 Å². The number of para-hydroxylation sites is 4. The van der Waals surface area contributed by atoms with Crippen LogP contribution in [-0.2, 0) is 10.8 Å². The molecule has 0 fully saturated rings. The summed E-state index contributed by atoms with van der Waals surface area (Å²) in [5.41, 5.74) is 24.5. The van der Waals surface area contributed by atoms with Crippen LogP contribution in [0.15, 0.2) is 261 Å². The topological polar surface area (TPSA) is 48.5 Å². The fraction of sp³-hybridized carbons (Fsp3) is 0.0519. The Bertz CT molecular complexity index is 5200. The maximum absolute atomic E-state index is 5.39. The van der Waals surface area contributed by atoms with Crippen molar-refractivity contribution in [2.75, 3.05) is 0 Å². The van der Waals surface area contributed by atoms with Crippen LogP contribution in [0.5, 0.6) is 0 Å². The molecule has 0 bridgehead atoms. The number of hydrogen-bond acceptors (Lipinski definition) is 3. The monoisotopic (exact) mass is 1040 g/mol. The second-order valence-corrected chi connectivity index (χ2v) is 23.0. The van der Waals surface area contributed by atoms with Gasteiger partial charge in [-0.3, -0.25) is 0 Å². The molecule has 0 atom stereocenters. The highest BCUT2D eigenvalue weighted by molar-refractivity contribution is 6.20. The third-order valence-electron chi connectivity index (χ3n) is 18.6. The third-order valence-corrected chi connectivity index (χ3v) is 18.6. The second kappa shape index (κ2) is 16.5. The highest BCUT2D eigenvalue weighted by atomic mass is 15.0. The average Bonchev–Trinajstić information content (AvgIpc) is 1.49. The first-order chi connectivity index (χ1) is 40.4. The summed E-state index contributed by atoms with van der Waals surface area (Å²) >= 11 is 0. The molecule has 15 aromatic rings. The molecule has 382 valence electrons. The number of benzene rings is 12. The van der Waals surface area contributed by atoms with E-state index in [-0.39, 0.29) is 5.41 Å². The molecule has 0 amide bonds. The summed E-state index contributed by atoms with van der Waals surface area (Å²) < 4.78 is 4.91. The van der Waals surface area contributed by atoms with Crippen molar-refractivity contribution < 1.29 is 0 Å². The normalized spacial score (nSPS) is 13.9. The Morgan fingerprint density at radius 3 is 1.63 bits per heavy atom. The summed E-state index contributed by atoms with van der Waals surface area (Å²) in [4.78, 5) is 16.1. The molecule has 1 aliphatic heterocycles. The Balaban J connectivity index is 0.858.